The molecule has 28 heavy (non-hydrogen) atoms. The summed E-state index contributed by atoms with van der Waals surface area (Å²) in [7, 11) is 1.79. The molecule has 0 aliphatic carbocycles. The minimum Gasteiger partial charge on any atom is -0.370 e. The molecule has 2 aromatic rings. The van der Waals surface area contributed by atoms with Crippen molar-refractivity contribution in [3.8, 4) is 0 Å². The topological polar surface area (TPSA) is 41.6 Å². The van der Waals surface area contributed by atoms with E-state index in [1.165, 1.54) is 17.7 Å². The normalized spacial score (nSPS) is 23.0. The predicted octanol–water partition coefficient (Wildman–Crippen LogP) is 5.04. The van der Waals surface area contributed by atoms with Crippen LogP contribution in [0.5, 0.6) is 0 Å². The molecule has 2 atom stereocenters. The lowest BCUT2D eigenvalue weighted by Crippen LogP contribution is -2.47. The van der Waals surface area contributed by atoms with E-state index in [2.05, 4.69) is 44.5 Å². The Morgan fingerprint density at radius 3 is 2.25 bits per heavy atom. The number of benzene rings is 2. The van der Waals surface area contributed by atoms with Gasteiger partial charge < -0.3 is 10.6 Å². The number of aliphatic imine (C=N–C) groups is 1. The first-order chi connectivity index (χ1) is 12.9. The predicted molar refractivity (Wildman–Crippen MR) is 110 cm³/mol. The summed E-state index contributed by atoms with van der Waals surface area (Å²) >= 11 is 0. The summed E-state index contributed by atoms with van der Waals surface area (Å²) in [6.07, 6.45) is 0. The van der Waals surface area contributed by atoms with E-state index in [9.17, 15) is 8.78 Å². The molecule has 2 N–H and O–H groups in total. The van der Waals surface area contributed by atoms with E-state index in [0.29, 0.717) is 5.70 Å². The Morgan fingerprint density at radius 1 is 1.11 bits per heavy atom. The average Bonchev–Trinajstić information content (AvgIpc) is 2.59. The third-order valence-electron chi connectivity index (χ3n) is 5.60. The minimum atomic E-state index is -1.05. The summed E-state index contributed by atoms with van der Waals surface area (Å²) in [6.45, 7) is 12.5. The van der Waals surface area contributed by atoms with E-state index < -0.39 is 17.2 Å². The van der Waals surface area contributed by atoms with E-state index in [1.807, 2.05) is 19.1 Å². The second-order valence-corrected chi connectivity index (χ2v) is 8.60. The molecule has 0 saturated heterocycles. The van der Waals surface area contributed by atoms with Gasteiger partial charge in [0, 0.05) is 24.4 Å². The van der Waals surface area contributed by atoms with Gasteiger partial charge in [0.1, 0.15) is 17.2 Å². The fourth-order valence-corrected chi connectivity index (χ4v) is 3.85. The van der Waals surface area contributed by atoms with Crippen molar-refractivity contribution in [3.05, 3.63) is 83.1 Å². The number of nitrogens with zero attached hydrogens (tertiary/aromatic N) is 2. The van der Waals surface area contributed by atoms with Gasteiger partial charge in [-0.25, -0.2) is 13.8 Å². The molecule has 0 fully saturated rings. The first-order valence-electron chi connectivity index (χ1n) is 9.29. The van der Waals surface area contributed by atoms with Gasteiger partial charge in [-0.05, 0) is 29.5 Å². The molecular formula is C23H27F2N3. The third kappa shape index (κ3) is 3.30. The summed E-state index contributed by atoms with van der Waals surface area (Å²) < 4.78 is 28.3. The Morgan fingerprint density at radius 2 is 1.71 bits per heavy atom. The molecule has 0 amide bonds. The number of hydrogen-bond donors (Lipinski definition) is 1. The summed E-state index contributed by atoms with van der Waals surface area (Å²) in [5, 5.41) is 0. The Labute approximate surface area is 165 Å². The highest BCUT2D eigenvalue weighted by molar-refractivity contribution is 5.82. The molecule has 2 aromatic carbocycles. The molecule has 0 radical (unpaired) electrons. The SMILES string of the molecule is C=C1[C@@H](c2ccc(C(C)(C)C)cc2)[C@@](C)(c2ccc(F)cc2F)N=C(N)N1C. The molecule has 0 aromatic heterocycles. The van der Waals surface area contributed by atoms with Crippen molar-refractivity contribution in [1.29, 1.82) is 0 Å². The van der Waals surface area contributed by atoms with Crippen LogP contribution in [0.4, 0.5) is 8.78 Å². The van der Waals surface area contributed by atoms with Crippen LogP contribution in [0, 0.1) is 11.6 Å². The number of likely N-dealkylation sites (N-methyl/N-ethyl adjacent to an activating group) is 1. The van der Waals surface area contributed by atoms with Crippen molar-refractivity contribution in [1.82, 2.24) is 4.90 Å². The zero-order valence-corrected chi connectivity index (χ0v) is 17.1. The van der Waals surface area contributed by atoms with Crippen molar-refractivity contribution in [2.75, 3.05) is 7.05 Å². The fourth-order valence-electron chi connectivity index (χ4n) is 3.85. The molecule has 0 bridgehead atoms. The van der Waals surface area contributed by atoms with Crippen LogP contribution in [-0.4, -0.2) is 17.9 Å². The fraction of sp³-hybridized carbons (Fsp3) is 0.348. The summed E-state index contributed by atoms with van der Waals surface area (Å²) in [4.78, 5) is 6.35. The van der Waals surface area contributed by atoms with Crippen LogP contribution in [-0.2, 0) is 11.0 Å². The number of halogens is 2. The largest absolute Gasteiger partial charge is 0.370 e. The van der Waals surface area contributed by atoms with Gasteiger partial charge in [-0.15, -0.1) is 0 Å². The zero-order chi connectivity index (χ0) is 20.9. The molecule has 0 spiro atoms. The van der Waals surface area contributed by atoms with Crippen LogP contribution in [0.2, 0.25) is 0 Å². The standard InChI is InChI=1S/C23H27F2N3/c1-14-20(15-7-9-16(10-8-15)22(2,3)4)23(5,27-21(26)28(14)6)18-12-11-17(24)13-19(18)25/h7-13,20H,1H2,2-6H3,(H2,26,27)/t20-,23+/m0/s1. The number of rotatable bonds is 2. The Hall–Kier alpha value is -2.69. The third-order valence-corrected chi connectivity index (χ3v) is 5.60. The highest BCUT2D eigenvalue weighted by Crippen LogP contribution is 2.48. The quantitative estimate of drug-likeness (QED) is 0.790. The highest BCUT2D eigenvalue weighted by Gasteiger charge is 2.45. The van der Waals surface area contributed by atoms with Gasteiger partial charge in [0.05, 0.1) is 5.92 Å². The van der Waals surface area contributed by atoms with E-state index in [4.69, 9.17) is 5.73 Å². The van der Waals surface area contributed by atoms with Gasteiger partial charge in [0.2, 0.25) is 0 Å². The number of hydrogen-bond acceptors (Lipinski definition) is 3. The molecule has 1 aliphatic heterocycles. The Kier molecular flexibility index (Phi) is 4.82. The maximum absolute atomic E-state index is 14.7. The molecule has 1 aliphatic rings. The highest BCUT2D eigenvalue weighted by atomic mass is 19.1. The van der Waals surface area contributed by atoms with Gasteiger partial charge in [-0.1, -0.05) is 57.7 Å². The first-order valence-corrected chi connectivity index (χ1v) is 9.29. The maximum Gasteiger partial charge on any atom is 0.196 e. The number of nitrogens with two attached hydrogens (primary N) is 1. The van der Waals surface area contributed by atoms with Gasteiger partial charge in [0.25, 0.3) is 0 Å². The van der Waals surface area contributed by atoms with E-state index in [-0.39, 0.29) is 22.9 Å². The smallest absolute Gasteiger partial charge is 0.196 e. The summed E-state index contributed by atoms with van der Waals surface area (Å²) in [5.41, 5.74) is 8.22. The van der Waals surface area contributed by atoms with E-state index >= 15 is 0 Å². The van der Waals surface area contributed by atoms with Crippen LogP contribution in [0.3, 0.4) is 0 Å². The number of guanidine groups is 1. The van der Waals surface area contributed by atoms with Crippen molar-refractivity contribution >= 4 is 5.96 Å². The van der Waals surface area contributed by atoms with Gasteiger partial charge in [0.15, 0.2) is 5.96 Å². The van der Waals surface area contributed by atoms with Crippen LogP contribution < -0.4 is 5.73 Å². The van der Waals surface area contributed by atoms with Gasteiger partial charge in [-0.3, -0.25) is 0 Å². The van der Waals surface area contributed by atoms with Crippen LogP contribution in [0.15, 0.2) is 59.7 Å². The molecule has 0 unspecified atom stereocenters. The monoisotopic (exact) mass is 383 g/mol. The lowest BCUT2D eigenvalue weighted by atomic mass is 9.72. The van der Waals surface area contributed by atoms with Gasteiger partial charge >= 0.3 is 0 Å². The second-order valence-electron chi connectivity index (χ2n) is 8.60. The molecule has 1 heterocycles. The maximum atomic E-state index is 14.7. The van der Waals surface area contributed by atoms with Gasteiger partial charge in [-0.2, -0.15) is 0 Å². The zero-order valence-electron chi connectivity index (χ0n) is 17.1. The van der Waals surface area contributed by atoms with E-state index in [0.717, 1.165) is 11.6 Å². The molecule has 5 heteroatoms. The van der Waals surface area contributed by atoms with Crippen molar-refractivity contribution < 1.29 is 8.78 Å². The van der Waals surface area contributed by atoms with Crippen LogP contribution in [0.25, 0.3) is 0 Å². The van der Waals surface area contributed by atoms with Crippen molar-refractivity contribution in [2.24, 2.45) is 10.7 Å². The molecule has 3 nitrogen and oxygen atoms in total. The average molecular weight is 383 g/mol. The van der Waals surface area contributed by atoms with Crippen LogP contribution >= 0.6 is 0 Å². The van der Waals surface area contributed by atoms with Crippen molar-refractivity contribution in [2.45, 2.75) is 44.6 Å². The van der Waals surface area contributed by atoms with E-state index in [1.54, 1.807) is 11.9 Å². The Balaban J connectivity index is 2.19. The molecule has 148 valence electrons. The Bertz CT molecular complexity index is 941. The summed E-state index contributed by atoms with van der Waals surface area (Å²) in [6, 6.07) is 11.8. The molecular weight excluding hydrogens is 356 g/mol. The van der Waals surface area contributed by atoms with Crippen molar-refractivity contribution in [3.63, 3.8) is 0 Å². The molecule has 3 rings (SSSR count). The lowest BCUT2D eigenvalue weighted by molar-refractivity contribution is 0.338. The first kappa shape index (κ1) is 20.1. The lowest BCUT2D eigenvalue weighted by Gasteiger charge is -2.44. The minimum absolute atomic E-state index is 0.0217. The van der Waals surface area contributed by atoms with Crippen LogP contribution in [0.1, 0.15) is 50.3 Å². The second kappa shape index (κ2) is 6.73. The molecule has 0 saturated carbocycles. The summed E-state index contributed by atoms with van der Waals surface area (Å²) in [5.74, 6) is -1.37.